The fraction of sp³-hybridized carbons (Fsp3) is 0.188. The lowest BCUT2D eigenvalue weighted by atomic mass is 9.91. The van der Waals surface area contributed by atoms with Gasteiger partial charge in [0.2, 0.25) is 0 Å². The number of para-hydroxylation sites is 3. The number of amides is 2. The van der Waals surface area contributed by atoms with Gasteiger partial charge in [-0.3, -0.25) is 0 Å². The van der Waals surface area contributed by atoms with Crippen molar-refractivity contribution in [2.75, 3.05) is 37.1 Å². The van der Waals surface area contributed by atoms with Crippen molar-refractivity contribution in [3.63, 3.8) is 0 Å². The summed E-state index contributed by atoms with van der Waals surface area (Å²) in [7, 11) is 0. The highest BCUT2D eigenvalue weighted by molar-refractivity contribution is 6.02. The number of ether oxygens (including phenoxy) is 4. The van der Waals surface area contributed by atoms with Gasteiger partial charge in [-0.2, -0.15) is 0 Å². The Hall–Kier alpha value is -11.2. The number of hydrogen-bond donors (Lipinski definition) is 4. The first-order valence-electron chi connectivity index (χ1n) is 33.8. The van der Waals surface area contributed by atoms with Crippen LogP contribution in [-0.4, -0.2) is 52.4 Å². The van der Waals surface area contributed by atoms with E-state index in [1.807, 2.05) is 42.5 Å². The zero-order valence-electron chi connectivity index (χ0n) is 54.9. The highest BCUT2D eigenvalue weighted by Crippen LogP contribution is 2.43. The van der Waals surface area contributed by atoms with Crippen molar-refractivity contribution in [1.82, 2.24) is 19.9 Å². The SMILES string of the molecule is CCCOc1c2cccc1Cc1cccc(c1OCCC)Cc1cc(NC(=O)Nc3ccc(-c4c5nc(c(-c6ccccc6)c6ccc([nH]6)c(-c6ccccc6)c6nc(c(-c7ccccc7)c7ccc4[nH]7)C=C6)C=C5)cc3)cc(c1OCCC)Cc1cccc(c1OCCC)C2. The minimum absolute atomic E-state index is 0.388. The van der Waals surface area contributed by atoms with Gasteiger partial charge in [-0.05, 0) is 154 Å². The maximum atomic E-state index is 14.7. The zero-order chi connectivity index (χ0) is 65.3. The number of H-pyrrole nitrogens is 2. The molecule has 4 N–H and O–H groups in total. The number of urea groups is 1. The molecule has 11 aromatic rings. The van der Waals surface area contributed by atoms with Crippen LogP contribution in [0.3, 0.4) is 0 Å². The third-order valence-electron chi connectivity index (χ3n) is 17.7. The van der Waals surface area contributed by atoms with Gasteiger partial charge in [0, 0.05) is 92.5 Å². The average molecular weight is 1260 g/mol. The first kappa shape index (κ1) is 62.3. The minimum atomic E-state index is -0.388. The van der Waals surface area contributed by atoms with E-state index in [0.717, 1.165) is 183 Å². The van der Waals surface area contributed by atoms with Crippen LogP contribution in [-0.2, 0) is 25.7 Å². The van der Waals surface area contributed by atoms with Gasteiger partial charge in [0.15, 0.2) is 0 Å². The molecule has 0 saturated carbocycles. The number of aromatic amines is 2. The van der Waals surface area contributed by atoms with Crippen molar-refractivity contribution in [2.24, 2.45) is 0 Å². The maximum Gasteiger partial charge on any atom is 0.323 e. The summed E-state index contributed by atoms with van der Waals surface area (Å²) in [6.07, 6.45) is 14.1. The van der Waals surface area contributed by atoms with E-state index in [4.69, 9.17) is 28.9 Å². The molecule has 2 amide bonds. The van der Waals surface area contributed by atoms with Crippen molar-refractivity contribution in [2.45, 2.75) is 79.1 Å². The van der Waals surface area contributed by atoms with E-state index < -0.39 is 0 Å². The first-order chi connectivity index (χ1) is 47.3. The molecule has 0 atom stereocenters. The topological polar surface area (TPSA) is 135 Å². The third-order valence-corrected chi connectivity index (χ3v) is 17.7. The summed E-state index contributed by atoms with van der Waals surface area (Å²) in [6, 6.07) is 71.1. The van der Waals surface area contributed by atoms with Crippen LogP contribution in [0.2, 0.25) is 0 Å². The molecule has 0 unspecified atom stereocenters. The fourth-order valence-electron chi connectivity index (χ4n) is 13.5. The van der Waals surface area contributed by atoms with Crippen molar-refractivity contribution in [1.29, 1.82) is 0 Å². The molecule has 3 aliphatic rings. The van der Waals surface area contributed by atoms with Crippen LogP contribution in [0.1, 0.15) is 121 Å². The van der Waals surface area contributed by atoms with E-state index in [1.165, 1.54) is 0 Å². The summed E-state index contributed by atoms with van der Waals surface area (Å²) in [5.41, 5.74) is 24.3. The fourth-order valence-corrected chi connectivity index (χ4v) is 13.5. The van der Waals surface area contributed by atoms with E-state index in [1.54, 1.807) is 0 Å². The highest BCUT2D eigenvalue weighted by atomic mass is 16.5. The molecule has 14 rings (SSSR count). The van der Waals surface area contributed by atoms with Crippen molar-refractivity contribution in [3.8, 4) is 67.5 Å². The second-order valence-corrected chi connectivity index (χ2v) is 24.7. The van der Waals surface area contributed by atoms with Crippen LogP contribution < -0.4 is 29.6 Å². The van der Waals surface area contributed by atoms with Crippen LogP contribution >= 0.6 is 0 Å². The maximum absolute atomic E-state index is 14.7. The number of benzene rings is 8. The molecule has 2 aliphatic heterocycles. The molecule has 8 aromatic carbocycles. The summed E-state index contributed by atoms with van der Waals surface area (Å²) in [6.45, 7) is 10.8. The lowest BCUT2D eigenvalue weighted by Gasteiger charge is -2.23. The Kier molecular flexibility index (Phi) is 18.6. The van der Waals surface area contributed by atoms with Crippen LogP contribution in [0.15, 0.2) is 206 Å². The van der Waals surface area contributed by atoms with Crippen molar-refractivity contribution < 1.29 is 23.7 Å². The first-order valence-corrected chi connectivity index (χ1v) is 33.8. The van der Waals surface area contributed by atoms with Crippen LogP contribution in [0.4, 0.5) is 16.2 Å². The van der Waals surface area contributed by atoms with E-state index in [0.29, 0.717) is 63.5 Å². The molecule has 1 aliphatic carbocycles. The van der Waals surface area contributed by atoms with E-state index >= 15 is 0 Å². The molecule has 0 spiro atoms. The van der Waals surface area contributed by atoms with Gasteiger partial charge in [0.25, 0.3) is 0 Å². The van der Waals surface area contributed by atoms with Gasteiger partial charge in [-0.15, -0.1) is 0 Å². The minimum Gasteiger partial charge on any atom is -0.493 e. The molecular weight excluding hydrogens is 1180 g/mol. The second-order valence-electron chi connectivity index (χ2n) is 24.7. The van der Waals surface area contributed by atoms with E-state index in [2.05, 4.69) is 236 Å². The number of fused-ring (bicyclic) bond motifs is 16. The molecule has 478 valence electrons. The quantitative estimate of drug-likeness (QED) is 0.0672. The predicted molar refractivity (Wildman–Crippen MR) is 393 cm³/mol. The van der Waals surface area contributed by atoms with Crippen LogP contribution in [0.25, 0.3) is 90.9 Å². The molecular formula is C85H78N6O5. The molecule has 11 heteroatoms. The summed E-state index contributed by atoms with van der Waals surface area (Å²) in [5, 5.41) is 6.48. The zero-order valence-corrected chi connectivity index (χ0v) is 54.9. The number of aromatic nitrogens is 4. The number of nitrogens with one attached hydrogen (secondary N) is 4. The van der Waals surface area contributed by atoms with Gasteiger partial charge in [0.05, 0.1) is 49.2 Å². The largest absolute Gasteiger partial charge is 0.493 e. The molecule has 0 saturated heterocycles. The Morgan fingerprint density at radius 1 is 0.333 bits per heavy atom. The molecule has 16 bridgehead atoms. The summed E-state index contributed by atoms with van der Waals surface area (Å²) in [5.74, 6) is 3.43. The Bertz CT molecular complexity index is 4760. The Labute approximate surface area is 561 Å². The van der Waals surface area contributed by atoms with Gasteiger partial charge in [-0.1, -0.05) is 185 Å². The van der Waals surface area contributed by atoms with E-state index in [-0.39, 0.29) is 6.03 Å². The van der Waals surface area contributed by atoms with Gasteiger partial charge in [-0.25, -0.2) is 14.8 Å². The number of nitrogens with zero attached hydrogens (tertiary/aromatic N) is 2. The van der Waals surface area contributed by atoms with Crippen molar-refractivity contribution >= 4 is 63.8 Å². The Morgan fingerprint density at radius 2 is 0.615 bits per heavy atom. The normalized spacial score (nSPS) is 12.3. The summed E-state index contributed by atoms with van der Waals surface area (Å²) < 4.78 is 27.1. The standard InChI is InChI=1S/C85H78N6O5/c1-5-45-93-81-59-27-18-28-60(81)50-62-30-20-32-64(83(62)95-47-7-3)52-66-54-68(53-65(84(66)96-48-8-4)51-63-31-19-29-61(49-59)82(63)94-46-6-2)87-85(92)86-67-35-33-58(34-36-67)80-75-43-41-73(90-75)78(56-23-14-10-15-24-56)71-39-37-69(88-71)77(55-21-12-9-13-22-55)70-38-40-72(89-70)79(57-25-16-11-17-26-57)74-42-44-76(80)91-74/h9-44,53-54,88,91H,5-8,45-52H2,1-4H3,(H2,86,87,92). The molecule has 0 fully saturated rings. The second kappa shape index (κ2) is 28.6. The number of anilines is 2. The number of carbonyl (C=O) groups excluding carboxylic acids is 1. The van der Waals surface area contributed by atoms with Gasteiger partial charge < -0.3 is 39.5 Å². The average Bonchev–Trinajstić information content (AvgIpc) is 1.78. The van der Waals surface area contributed by atoms with Crippen molar-refractivity contribution in [3.05, 3.63) is 274 Å². The predicted octanol–water partition coefficient (Wildman–Crippen LogP) is 20.8. The Balaban J connectivity index is 0.864. The summed E-state index contributed by atoms with van der Waals surface area (Å²) in [4.78, 5) is 33.4. The molecule has 96 heavy (non-hydrogen) atoms. The monoisotopic (exact) mass is 1260 g/mol. The lowest BCUT2D eigenvalue weighted by Crippen LogP contribution is -2.20. The molecule has 11 nitrogen and oxygen atoms in total. The van der Waals surface area contributed by atoms with Crippen LogP contribution in [0.5, 0.6) is 23.0 Å². The van der Waals surface area contributed by atoms with Gasteiger partial charge in [0.1, 0.15) is 23.0 Å². The van der Waals surface area contributed by atoms with E-state index in [9.17, 15) is 4.79 Å². The van der Waals surface area contributed by atoms with Crippen LogP contribution in [0, 0.1) is 0 Å². The molecule has 3 aromatic heterocycles. The lowest BCUT2D eigenvalue weighted by molar-refractivity contribution is 0.262. The molecule has 0 radical (unpaired) electrons. The number of hydrogen-bond acceptors (Lipinski definition) is 7. The summed E-state index contributed by atoms with van der Waals surface area (Å²) >= 11 is 0. The molecule has 5 heterocycles. The highest BCUT2D eigenvalue weighted by Gasteiger charge is 2.25. The smallest absolute Gasteiger partial charge is 0.323 e. The Morgan fingerprint density at radius 3 is 0.927 bits per heavy atom. The number of carbonyl (C=O) groups is 1. The number of rotatable bonds is 18. The third kappa shape index (κ3) is 13.2. The van der Waals surface area contributed by atoms with Gasteiger partial charge >= 0.3 is 6.03 Å².